The minimum Gasteiger partial charge on any atom is -0.504 e. The summed E-state index contributed by atoms with van der Waals surface area (Å²) in [5.74, 6) is 1.29. The fraction of sp³-hybridized carbons (Fsp3) is 0. The number of phenols is 1. The number of rotatable bonds is 4. The highest BCUT2D eigenvalue weighted by atomic mass is 16.5. The zero-order valence-electron chi connectivity index (χ0n) is 14.2. The maximum absolute atomic E-state index is 10.2. The first-order valence-corrected chi connectivity index (χ1v) is 8.52. The number of ether oxygens (including phenoxy) is 1. The minimum atomic E-state index is 0.120. The van der Waals surface area contributed by atoms with Crippen LogP contribution in [0, 0.1) is 0 Å². The van der Waals surface area contributed by atoms with E-state index in [4.69, 9.17) is 4.74 Å². The molecule has 2 nitrogen and oxygen atoms in total. The Bertz CT molecular complexity index is 951. The number of benzene rings is 4. The highest BCUT2D eigenvalue weighted by Gasteiger charge is 2.15. The van der Waals surface area contributed by atoms with Crippen molar-refractivity contribution in [3.8, 4) is 39.5 Å². The Labute approximate surface area is 153 Å². The van der Waals surface area contributed by atoms with Gasteiger partial charge in [-0.3, -0.25) is 0 Å². The van der Waals surface area contributed by atoms with E-state index in [9.17, 15) is 5.11 Å². The Kier molecular flexibility index (Phi) is 4.40. The molecule has 0 saturated heterocycles. The molecule has 0 amide bonds. The van der Waals surface area contributed by atoms with Crippen molar-refractivity contribution in [1.29, 1.82) is 0 Å². The Balaban J connectivity index is 1.92. The summed E-state index contributed by atoms with van der Waals surface area (Å²) < 4.78 is 6.23. The third-order valence-electron chi connectivity index (χ3n) is 4.26. The second-order valence-corrected chi connectivity index (χ2v) is 5.98. The Morgan fingerprint density at radius 3 is 1.54 bits per heavy atom. The molecule has 0 saturated carbocycles. The van der Waals surface area contributed by atoms with Crippen LogP contribution in [0.5, 0.6) is 17.2 Å². The second kappa shape index (κ2) is 7.16. The molecule has 0 bridgehead atoms. The first-order chi connectivity index (χ1) is 12.8. The fourth-order valence-corrected chi connectivity index (χ4v) is 2.99. The number of hydrogen-bond donors (Lipinski definition) is 1. The lowest BCUT2D eigenvalue weighted by Crippen LogP contribution is -1.92. The van der Waals surface area contributed by atoms with Crippen LogP contribution in [-0.2, 0) is 0 Å². The van der Waals surface area contributed by atoms with Crippen LogP contribution >= 0.6 is 0 Å². The number of phenolic OH excluding ortho intramolecular Hbond substituents is 1. The van der Waals surface area contributed by atoms with E-state index in [1.165, 1.54) is 0 Å². The van der Waals surface area contributed by atoms with Gasteiger partial charge in [0.25, 0.3) is 0 Å². The van der Waals surface area contributed by atoms with Gasteiger partial charge in [0, 0.05) is 11.1 Å². The highest BCUT2D eigenvalue weighted by Crippen LogP contribution is 2.43. The van der Waals surface area contributed by atoms with Gasteiger partial charge in [-0.05, 0) is 23.3 Å². The van der Waals surface area contributed by atoms with Gasteiger partial charge in [-0.1, -0.05) is 91.0 Å². The van der Waals surface area contributed by atoms with Crippen molar-refractivity contribution in [3.63, 3.8) is 0 Å². The molecule has 4 aromatic carbocycles. The third-order valence-corrected chi connectivity index (χ3v) is 4.26. The van der Waals surface area contributed by atoms with Gasteiger partial charge < -0.3 is 9.84 Å². The lowest BCUT2D eigenvalue weighted by atomic mass is 9.97. The summed E-state index contributed by atoms with van der Waals surface area (Å²) in [4.78, 5) is 0. The van der Waals surface area contributed by atoms with Crippen LogP contribution in [0.3, 0.4) is 0 Å². The maximum atomic E-state index is 10.2. The van der Waals surface area contributed by atoms with E-state index >= 15 is 0 Å². The SMILES string of the molecule is Oc1ccccc1Oc1c(-c2ccccc2)cccc1-c1ccccc1. The number of para-hydroxylation sites is 3. The third kappa shape index (κ3) is 3.17. The predicted molar refractivity (Wildman–Crippen MR) is 105 cm³/mol. The van der Waals surface area contributed by atoms with Gasteiger partial charge >= 0.3 is 0 Å². The molecule has 126 valence electrons. The monoisotopic (exact) mass is 338 g/mol. The van der Waals surface area contributed by atoms with Gasteiger partial charge in [0.1, 0.15) is 5.75 Å². The number of aromatic hydroxyl groups is 1. The molecule has 0 aliphatic rings. The average Bonchev–Trinajstić information content (AvgIpc) is 2.71. The Hall–Kier alpha value is -3.52. The standard InChI is InChI=1S/C24H18O2/c25-22-16-7-8-17-23(22)26-24-20(18-10-3-1-4-11-18)14-9-15-21(24)19-12-5-2-6-13-19/h1-17,25H. The summed E-state index contributed by atoms with van der Waals surface area (Å²) in [6.45, 7) is 0. The quantitative estimate of drug-likeness (QED) is 0.459. The largest absolute Gasteiger partial charge is 0.504 e. The van der Waals surface area contributed by atoms with E-state index in [1.54, 1.807) is 18.2 Å². The Morgan fingerprint density at radius 2 is 1.00 bits per heavy atom. The molecule has 0 fully saturated rings. The summed E-state index contributed by atoms with van der Waals surface area (Å²) in [7, 11) is 0. The molecule has 2 heteroatoms. The van der Waals surface area contributed by atoms with E-state index in [0.717, 1.165) is 28.0 Å². The van der Waals surface area contributed by atoms with E-state index in [1.807, 2.05) is 60.7 Å². The molecule has 0 unspecified atom stereocenters. The molecule has 0 radical (unpaired) electrons. The van der Waals surface area contributed by atoms with Crippen molar-refractivity contribution in [3.05, 3.63) is 103 Å². The van der Waals surface area contributed by atoms with Crippen LogP contribution < -0.4 is 4.74 Å². The van der Waals surface area contributed by atoms with Gasteiger partial charge in [-0.25, -0.2) is 0 Å². The zero-order valence-corrected chi connectivity index (χ0v) is 14.2. The molecule has 4 rings (SSSR count). The van der Waals surface area contributed by atoms with E-state index in [0.29, 0.717) is 5.75 Å². The molecule has 1 N–H and O–H groups in total. The van der Waals surface area contributed by atoms with Crippen LogP contribution in [0.4, 0.5) is 0 Å². The van der Waals surface area contributed by atoms with Crippen LogP contribution in [0.25, 0.3) is 22.3 Å². The van der Waals surface area contributed by atoms with Gasteiger partial charge in [-0.2, -0.15) is 0 Å². The molecule has 0 heterocycles. The molecule has 0 atom stereocenters. The molecular weight excluding hydrogens is 320 g/mol. The van der Waals surface area contributed by atoms with E-state index in [2.05, 4.69) is 24.3 Å². The summed E-state index contributed by atoms with van der Waals surface area (Å²) in [6.07, 6.45) is 0. The minimum absolute atomic E-state index is 0.120. The summed E-state index contributed by atoms with van der Waals surface area (Å²) in [5.41, 5.74) is 4.09. The average molecular weight is 338 g/mol. The fourth-order valence-electron chi connectivity index (χ4n) is 2.99. The Morgan fingerprint density at radius 1 is 0.500 bits per heavy atom. The highest BCUT2D eigenvalue weighted by molar-refractivity contribution is 5.83. The van der Waals surface area contributed by atoms with Crippen molar-refractivity contribution >= 4 is 0 Å². The van der Waals surface area contributed by atoms with E-state index in [-0.39, 0.29) is 5.75 Å². The van der Waals surface area contributed by atoms with Crippen molar-refractivity contribution in [2.24, 2.45) is 0 Å². The summed E-state index contributed by atoms with van der Waals surface area (Å²) >= 11 is 0. The normalized spacial score (nSPS) is 10.5. The van der Waals surface area contributed by atoms with Crippen LogP contribution in [0.2, 0.25) is 0 Å². The molecule has 0 aromatic heterocycles. The van der Waals surface area contributed by atoms with Crippen molar-refractivity contribution in [2.45, 2.75) is 0 Å². The molecule has 26 heavy (non-hydrogen) atoms. The molecular formula is C24H18O2. The van der Waals surface area contributed by atoms with Gasteiger partial charge in [-0.15, -0.1) is 0 Å². The topological polar surface area (TPSA) is 29.5 Å². The summed E-state index contributed by atoms with van der Waals surface area (Å²) in [6, 6.07) is 33.4. The lowest BCUT2D eigenvalue weighted by Gasteiger charge is -2.17. The summed E-state index contributed by atoms with van der Waals surface area (Å²) in [5, 5.41) is 10.2. The molecule has 0 aliphatic carbocycles. The molecule has 0 spiro atoms. The van der Waals surface area contributed by atoms with Gasteiger partial charge in [0.2, 0.25) is 0 Å². The predicted octanol–water partition coefficient (Wildman–Crippen LogP) is 6.52. The first kappa shape index (κ1) is 16.0. The smallest absolute Gasteiger partial charge is 0.169 e. The second-order valence-electron chi connectivity index (χ2n) is 5.98. The van der Waals surface area contributed by atoms with Crippen LogP contribution in [-0.4, -0.2) is 5.11 Å². The van der Waals surface area contributed by atoms with Crippen molar-refractivity contribution < 1.29 is 9.84 Å². The van der Waals surface area contributed by atoms with Crippen LogP contribution in [0.1, 0.15) is 0 Å². The van der Waals surface area contributed by atoms with Crippen LogP contribution in [0.15, 0.2) is 103 Å². The number of hydrogen-bond acceptors (Lipinski definition) is 2. The maximum Gasteiger partial charge on any atom is 0.169 e. The van der Waals surface area contributed by atoms with Crippen molar-refractivity contribution in [1.82, 2.24) is 0 Å². The molecule has 0 aliphatic heterocycles. The van der Waals surface area contributed by atoms with Gasteiger partial charge in [0.05, 0.1) is 0 Å². The molecule has 4 aromatic rings. The van der Waals surface area contributed by atoms with E-state index < -0.39 is 0 Å². The first-order valence-electron chi connectivity index (χ1n) is 8.52. The lowest BCUT2D eigenvalue weighted by molar-refractivity contribution is 0.413. The van der Waals surface area contributed by atoms with Crippen molar-refractivity contribution in [2.75, 3.05) is 0 Å². The van der Waals surface area contributed by atoms with Gasteiger partial charge in [0.15, 0.2) is 11.5 Å². The zero-order chi connectivity index (χ0) is 17.8.